The highest BCUT2D eigenvalue weighted by molar-refractivity contribution is 5.94. The number of pyridine rings is 3. The maximum absolute atomic E-state index is 12.3. The zero-order valence-corrected chi connectivity index (χ0v) is 33.8. The lowest BCUT2D eigenvalue weighted by Crippen LogP contribution is -2.15. The number of oxime groups is 1. The van der Waals surface area contributed by atoms with E-state index in [9.17, 15) is 14.4 Å². The molecule has 1 N–H and O–H groups in total. The third-order valence-corrected chi connectivity index (χ3v) is 8.47. The molecular weight excluding hydrogens is 793 g/mol. The summed E-state index contributed by atoms with van der Waals surface area (Å²) >= 11 is 0. The summed E-state index contributed by atoms with van der Waals surface area (Å²) in [6.07, 6.45) is 10.1. The average molecular weight is 835 g/mol. The Morgan fingerprint density at radius 2 is 1.39 bits per heavy atom. The molecule has 0 saturated carbocycles. The van der Waals surface area contributed by atoms with Crippen LogP contribution in [0.4, 0.5) is 0 Å². The van der Waals surface area contributed by atoms with Gasteiger partial charge in [-0.15, -0.1) is 0 Å². The van der Waals surface area contributed by atoms with Crippen molar-refractivity contribution in [3.05, 3.63) is 114 Å². The summed E-state index contributed by atoms with van der Waals surface area (Å²) in [4.78, 5) is 47.0. The number of Topliss-reactive ketones (excluding diaryl/α,β-unsaturated/α-hetero) is 1. The highest BCUT2D eigenvalue weighted by Crippen LogP contribution is 2.26. The number of carbonyl (C=O) groups is 3. The molecule has 0 amide bonds. The Balaban J connectivity index is 0.000000190. The number of rotatable bonds is 12. The standard InChI is InChI=1S/C17H17N3O3.C11H10N2O4.C7H8N2O2.C7H7NO2/c1-22-14-4-2-3-13(8-14)15-9-17(23-19-15)16(21)7-12-5-6-20(10-12)11-18;1-15-10-5-7(3-4-12-10)8-6-9(17-13-8)11(14)16-2;1-11-7-4-6(5-9-10)2-3-8-7;1-10-7-4-6(5-9)2-3-8-7/h2-4,8-9,12H,5-7,10H2,1H3;3-6H,1-2H3;2-5,10H,1H3;2-5H,1H3/b;;9-5+;/t12-;;;/m0.../s1. The predicted molar refractivity (Wildman–Crippen MR) is 217 cm³/mol. The predicted octanol–water partition coefficient (Wildman–Crippen LogP) is 6.06. The molecule has 1 aromatic carbocycles. The second kappa shape index (κ2) is 23.9. The first-order valence-electron chi connectivity index (χ1n) is 18.1. The van der Waals surface area contributed by atoms with Crippen molar-refractivity contribution in [3.63, 3.8) is 0 Å². The van der Waals surface area contributed by atoms with Crippen LogP contribution in [0.15, 0.2) is 106 Å². The van der Waals surface area contributed by atoms with Gasteiger partial charge in [0.15, 0.2) is 6.19 Å². The van der Waals surface area contributed by atoms with Crippen LogP contribution in [0.2, 0.25) is 0 Å². The Hall–Kier alpha value is -8.14. The Labute approximate surface area is 350 Å². The molecule has 0 bridgehead atoms. The molecule has 6 heterocycles. The minimum Gasteiger partial charge on any atom is -0.497 e. The van der Waals surface area contributed by atoms with E-state index in [1.54, 1.807) is 66.9 Å². The first-order valence-corrected chi connectivity index (χ1v) is 18.1. The topological polar surface area (TPSA) is 248 Å². The quantitative estimate of drug-likeness (QED) is 0.0280. The van der Waals surface area contributed by atoms with E-state index in [4.69, 9.17) is 38.5 Å². The molecule has 1 saturated heterocycles. The molecule has 6 aromatic rings. The second-order valence-electron chi connectivity index (χ2n) is 12.4. The van der Waals surface area contributed by atoms with E-state index < -0.39 is 5.97 Å². The Morgan fingerprint density at radius 3 is 1.98 bits per heavy atom. The van der Waals surface area contributed by atoms with Crippen molar-refractivity contribution >= 4 is 24.3 Å². The highest BCUT2D eigenvalue weighted by atomic mass is 16.5. The van der Waals surface area contributed by atoms with Gasteiger partial charge in [-0.1, -0.05) is 27.6 Å². The molecule has 0 aliphatic carbocycles. The van der Waals surface area contributed by atoms with Crippen LogP contribution in [0, 0.1) is 17.4 Å². The van der Waals surface area contributed by atoms with E-state index in [0.29, 0.717) is 47.6 Å². The third kappa shape index (κ3) is 14.0. The largest absolute Gasteiger partial charge is 0.497 e. The maximum atomic E-state index is 12.3. The lowest BCUT2D eigenvalue weighted by Gasteiger charge is -2.06. The lowest BCUT2D eigenvalue weighted by atomic mass is 10.0. The molecule has 0 radical (unpaired) electrons. The fourth-order valence-corrected chi connectivity index (χ4v) is 5.36. The number of esters is 1. The molecule has 0 spiro atoms. The molecule has 0 unspecified atom stereocenters. The number of aldehydes is 1. The lowest BCUT2D eigenvalue weighted by molar-refractivity contribution is 0.0554. The van der Waals surface area contributed by atoms with Crippen LogP contribution >= 0.6 is 0 Å². The molecule has 316 valence electrons. The number of carbonyl (C=O) groups excluding carboxylic acids is 3. The minimum atomic E-state index is -0.565. The number of hydrogen-bond donors (Lipinski definition) is 1. The van der Waals surface area contributed by atoms with Gasteiger partial charge in [0.25, 0.3) is 0 Å². The zero-order chi connectivity index (χ0) is 44.0. The van der Waals surface area contributed by atoms with Crippen molar-refractivity contribution in [2.45, 2.75) is 12.8 Å². The Kier molecular flexibility index (Phi) is 17.9. The number of ketones is 1. The molecular formula is C42H42N8O11. The van der Waals surface area contributed by atoms with Crippen molar-refractivity contribution in [2.75, 3.05) is 48.6 Å². The van der Waals surface area contributed by atoms with Crippen molar-refractivity contribution in [2.24, 2.45) is 11.1 Å². The minimum absolute atomic E-state index is 0.0540. The smallest absolute Gasteiger partial charge is 0.376 e. The molecule has 1 aliphatic rings. The molecule has 19 nitrogen and oxygen atoms in total. The van der Waals surface area contributed by atoms with Crippen molar-refractivity contribution in [3.8, 4) is 52.1 Å². The molecule has 1 fully saturated rings. The van der Waals surface area contributed by atoms with Gasteiger partial charge in [0.1, 0.15) is 23.4 Å². The number of aromatic nitrogens is 5. The molecule has 19 heteroatoms. The van der Waals surface area contributed by atoms with Crippen molar-refractivity contribution < 1.29 is 52.3 Å². The molecule has 1 atom stereocenters. The number of methoxy groups -OCH3 is 5. The number of nitriles is 1. The summed E-state index contributed by atoms with van der Waals surface area (Å²) in [7, 11) is 7.44. The normalized spacial score (nSPS) is 12.5. The summed E-state index contributed by atoms with van der Waals surface area (Å²) in [5.74, 6) is 2.03. The van der Waals surface area contributed by atoms with E-state index in [0.717, 1.165) is 41.7 Å². The molecule has 61 heavy (non-hydrogen) atoms. The van der Waals surface area contributed by atoms with Crippen molar-refractivity contribution in [1.82, 2.24) is 30.2 Å². The van der Waals surface area contributed by atoms with Gasteiger partial charge in [-0.2, -0.15) is 5.26 Å². The number of nitrogens with zero attached hydrogens (tertiary/aromatic N) is 8. The summed E-state index contributed by atoms with van der Waals surface area (Å²) in [6.45, 7) is 1.36. The van der Waals surface area contributed by atoms with E-state index >= 15 is 0 Å². The Bertz CT molecular complexity index is 2410. The van der Waals surface area contributed by atoms with E-state index in [-0.39, 0.29) is 23.2 Å². The Morgan fingerprint density at radius 1 is 0.803 bits per heavy atom. The number of hydrogen-bond acceptors (Lipinski definition) is 19. The van der Waals surface area contributed by atoms with Gasteiger partial charge in [0.2, 0.25) is 34.9 Å². The summed E-state index contributed by atoms with van der Waals surface area (Å²) in [6, 6.07) is 20.6. The summed E-state index contributed by atoms with van der Waals surface area (Å²) in [5.41, 5.74) is 4.04. The van der Waals surface area contributed by atoms with E-state index in [2.05, 4.69) is 41.4 Å². The number of likely N-dealkylation sites (tertiary alicyclic amines) is 1. The summed E-state index contributed by atoms with van der Waals surface area (Å²) in [5, 5.41) is 27.7. The van der Waals surface area contributed by atoms with Crippen molar-refractivity contribution in [1.29, 1.82) is 5.26 Å². The van der Waals surface area contributed by atoms with Crippen LogP contribution in [0.5, 0.6) is 23.4 Å². The molecule has 1 aliphatic heterocycles. The van der Waals surface area contributed by atoms with Gasteiger partial charge in [0, 0.05) is 90.7 Å². The van der Waals surface area contributed by atoms with Crippen LogP contribution in [0.25, 0.3) is 22.5 Å². The van der Waals surface area contributed by atoms with E-state index in [1.807, 2.05) is 24.3 Å². The monoisotopic (exact) mass is 834 g/mol. The van der Waals surface area contributed by atoms with Gasteiger partial charge >= 0.3 is 5.97 Å². The first kappa shape index (κ1) is 45.6. The van der Waals surface area contributed by atoms with Crippen LogP contribution in [0.3, 0.4) is 0 Å². The second-order valence-corrected chi connectivity index (χ2v) is 12.4. The van der Waals surface area contributed by atoms with Crippen LogP contribution < -0.4 is 18.9 Å². The average Bonchev–Trinajstić information content (AvgIpc) is 4.12. The number of benzene rings is 1. The SMILES string of the molecule is COC(=O)c1cc(-c2ccnc(OC)c2)no1.COc1cc(/C=N/O)ccn1.COc1cc(C=O)ccn1.COc1cccc(-c2cc(C(=O)C[C@@H]3CCN(C#N)C3)on2)c1. The fourth-order valence-electron chi connectivity index (χ4n) is 5.36. The summed E-state index contributed by atoms with van der Waals surface area (Å²) < 4.78 is 34.4. The van der Waals surface area contributed by atoms with Gasteiger partial charge in [-0.05, 0) is 42.7 Å². The maximum Gasteiger partial charge on any atom is 0.376 e. The molecule has 7 rings (SSSR count). The van der Waals surface area contributed by atoms with Crippen LogP contribution in [-0.4, -0.2) is 108 Å². The third-order valence-electron chi connectivity index (χ3n) is 8.47. The fraction of sp³-hybridized carbons (Fsp3) is 0.238. The molecule has 5 aromatic heterocycles. The highest BCUT2D eigenvalue weighted by Gasteiger charge is 2.26. The van der Waals surface area contributed by atoms with Gasteiger partial charge in [-0.25, -0.2) is 19.7 Å². The zero-order valence-electron chi connectivity index (χ0n) is 33.8. The van der Waals surface area contributed by atoms with E-state index in [1.165, 1.54) is 46.9 Å². The first-order chi connectivity index (χ1) is 29.7. The van der Waals surface area contributed by atoms with Gasteiger partial charge < -0.3 is 42.8 Å². The van der Waals surface area contributed by atoms with Crippen LogP contribution in [-0.2, 0) is 4.74 Å². The van der Waals surface area contributed by atoms with Gasteiger partial charge in [0.05, 0.1) is 41.8 Å². The number of ether oxygens (including phenoxy) is 5. The van der Waals surface area contributed by atoms with Gasteiger partial charge in [-0.3, -0.25) is 9.59 Å². The van der Waals surface area contributed by atoms with Crippen LogP contribution in [0.1, 0.15) is 49.9 Å².